The van der Waals surface area contributed by atoms with Crippen LogP contribution < -0.4 is 10.2 Å². The Morgan fingerprint density at radius 3 is 2.85 bits per heavy atom. The molecule has 5 rings (SSSR count). The zero-order valence-corrected chi connectivity index (χ0v) is 16.4. The van der Waals surface area contributed by atoms with Crippen LogP contribution in [0.4, 0.5) is 9.39 Å². The second kappa shape index (κ2) is 6.55. The summed E-state index contributed by atoms with van der Waals surface area (Å²) in [4.78, 5) is 6.60. The van der Waals surface area contributed by atoms with E-state index >= 15 is 4.39 Å². The standard InChI is InChI=1S/C20H18ClFN4S/c1-11-2-3-12-9-24-10-14(12)16(11)17-15(21)8-13-19(18(17)22)25-27-20(13)26-6-4-23-5-7-26/h2-3,8,10,23H,4-7,9H2,1H3. The van der Waals surface area contributed by atoms with Crippen molar-refractivity contribution < 1.29 is 4.39 Å². The highest BCUT2D eigenvalue weighted by molar-refractivity contribution is 7.11. The van der Waals surface area contributed by atoms with Crippen molar-refractivity contribution in [2.24, 2.45) is 4.99 Å². The van der Waals surface area contributed by atoms with E-state index in [1.54, 1.807) is 0 Å². The lowest BCUT2D eigenvalue weighted by Crippen LogP contribution is -2.43. The largest absolute Gasteiger partial charge is 0.359 e. The molecule has 0 amide bonds. The quantitative estimate of drug-likeness (QED) is 0.692. The third kappa shape index (κ3) is 2.66. The molecule has 4 nitrogen and oxygen atoms in total. The lowest BCUT2D eigenvalue weighted by Gasteiger charge is -2.28. The molecule has 1 fully saturated rings. The number of nitrogens with one attached hydrogen (secondary N) is 1. The molecule has 2 aliphatic rings. The molecule has 0 atom stereocenters. The Hall–Kier alpha value is -2.02. The minimum atomic E-state index is -0.341. The average molecular weight is 401 g/mol. The van der Waals surface area contributed by atoms with E-state index in [0.717, 1.165) is 58.8 Å². The number of benzene rings is 2. The summed E-state index contributed by atoms with van der Waals surface area (Å²) in [6, 6.07) is 5.94. The van der Waals surface area contributed by atoms with Gasteiger partial charge in [0.2, 0.25) is 0 Å². The van der Waals surface area contributed by atoms with Crippen LogP contribution in [0.2, 0.25) is 5.02 Å². The molecule has 27 heavy (non-hydrogen) atoms. The Kier molecular flexibility index (Phi) is 4.15. The topological polar surface area (TPSA) is 40.5 Å². The smallest absolute Gasteiger partial charge is 0.159 e. The molecule has 0 bridgehead atoms. The van der Waals surface area contributed by atoms with Crippen LogP contribution in [-0.2, 0) is 6.54 Å². The second-order valence-corrected chi connectivity index (χ2v) is 8.13. The van der Waals surface area contributed by atoms with Gasteiger partial charge in [0.05, 0.1) is 11.6 Å². The summed E-state index contributed by atoms with van der Waals surface area (Å²) in [5, 5.41) is 5.56. The van der Waals surface area contributed by atoms with Gasteiger partial charge in [-0.05, 0) is 41.2 Å². The fraction of sp³-hybridized carbons (Fsp3) is 0.300. The van der Waals surface area contributed by atoms with E-state index < -0.39 is 0 Å². The number of aliphatic imine (C=N–C) groups is 1. The number of hydrogen-bond acceptors (Lipinski definition) is 5. The Morgan fingerprint density at radius 2 is 2.04 bits per heavy atom. The van der Waals surface area contributed by atoms with Gasteiger partial charge in [0.15, 0.2) is 5.82 Å². The van der Waals surface area contributed by atoms with Crippen molar-refractivity contribution in [3.05, 3.63) is 45.7 Å². The lowest BCUT2D eigenvalue weighted by molar-refractivity contribution is 0.592. The fourth-order valence-electron chi connectivity index (χ4n) is 3.95. The summed E-state index contributed by atoms with van der Waals surface area (Å²) < 4.78 is 20.1. The first kappa shape index (κ1) is 17.1. The second-order valence-electron chi connectivity index (χ2n) is 6.97. The average Bonchev–Trinajstić information content (AvgIpc) is 3.31. The van der Waals surface area contributed by atoms with Crippen molar-refractivity contribution in [2.45, 2.75) is 13.5 Å². The SMILES string of the molecule is Cc1ccc2c(c1-c1c(Cl)cc3c(N4CCNCC4)snc3c1F)C=NC2. The van der Waals surface area contributed by atoms with Crippen molar-refractivity contribution in [2.75, 3.05) is 31.1 Å². The predicted octanol–water partition coefficient (Wildman–Crippen LogP) is 4.41. The van der Waals surface area contributed by atoms with Crippen LogP contribution >= 0.6 is 23.1 Å². The molecule has 0 aliphatic carbocycles. The van der Waals surface area contributed by atoms with Gasteiger partial charge in [0.1, 0.15) is 10.5 Å². The van der Waals surface area contributed by atoms with Gasteiger partial charge in [0, 0.05) is 48.9 Å². The lowest BCUT2D eigenvalue weighted by atomic mass is 9.92. The van der Waals surface area contributed by atoms with Gasteiger partial charge in [-0.2, -0.15) is 4.37 Å². The van der Waals surface area contributed by atoms with Crippen molar-refractivity contribution >= 4 is 45.3 Å². The first-order valence-corrected chi connectivity index (χ1v) is 10.2. The minimum Gasteiger partial charge on any atom is -0.359 e. The summed E-state index contributed by atoms with van der Waals surface area (Å²) in [6.07, 6.45) is 1.82. The normalized spacial score (nSPS) is 16.3. The Labute approximate surface area is 165 Å². The number of aromatic nitrogens is 1. The van der Waals surface area contributed by atoms with Gasteiger partial charge in [-0.3, -0.25) is 4.99 Å². The van der Waals surface area contributed by atoms with Crippen molar-refractivity contribution in [3.8, 4) is 11.1 Å². The molecule has 0 spiro atoms. The zero-order valence-electron chi connectivity index (χ0n) is 14.9. The maximum absolute atomic E-state index is 15.6. The van der Waals surface area contributed by atoms with E-state index in [1.807, 2.05) is 25.3 Å². The minimum absolute atomic E-state index is 0.341. The highest BCUT2D eigenvalue weighted by Gasteiger charge is 2.25. The molecule has 1 saturated heterocycles. The van der Waals surface area contributed by atoms with Gasteiger partial charge in [-0.25, -0.2) is 4.39 Å². The molecule has 0 unspecified atom stereocenters. The Bertz CT molecular complexity index is 1090. The molecular formula is C20H18ClFN4S. The molecule has 1 N–H and O–H groups in total. The van der Waals surface area contributed by atoms with Crippen LogP contribution in [0.15, 0.2) is 23.2 Å². The van der Waals surface area contributed by atoms with Crippen molar-refractivity contribution in [3.63, 3.8) is 0 Å². The maximum Gasteiger partial charge on any atom is 0.159 e. The third-order valence-electron chi connectivity index (χ3n) is 5.33. The summed E-state index contributed by atoms with van der Waals surface area (Å²) in [6.45, 7) is 6.23. The van der Waals surface area contributed by atoms with E-state index in [0.29, 0.717) is 22.6 Å². The summed E-state index contributed by atoms with van der Waals surface area (Å²) >= 11 is 7.99. The highest BCUT2D eigenvalue weighted by atomic mass is 35.5. The summed E-state index contributed by atoms with van der Waals surface area (Å²) in [7, 11) is 0. The molecule has 7 heteroatoms. The predicted molar refractivity (Wildman–Crippen MR) is 111 cm³/mol. The van der Waals surface area contributed by atoms with Gasteiger partial charge in [0.25, 0.3) is 0 Å². The van der Waals surface area contributed by atoms with E-state index in [4.69, 9.17) is 11.6 Å². The number of aryl methyl sites for hydroxylation is 1. The number of halogens is 2. The molecule has 2 aromatic carbocycles. The van der Waals surface area contributed by atoms with Crippen LogP contribution in [-0.4, -0.2) is 36.8 Å². The highest BCUT2D eigenvalue weighted by Crippen LogP contribution is 2.43. The Balaban J connectivity index is 1.72. The number of anilines is 1. The van der Waals surface area contributed by atoms with E-state index in [9.17, 15) is 0 Å². The van der Waals surface area contributed by atoms with Crippen LogP contribution in [0, 0.1) is 12.7 Å². The molecule has 3 aromatic rings. The molecule has 1 aromatic heterocycles. The molecule has 0 radical (unpaired) electrons. The number of hydrogen-bond donors (Lipinski definition) is 1. The first-order valence-electron chi connectivity index (χ1n) is 9.01. The molecule has 3 heterocycles. The van der Waals surface area contributed by atoms with Crippen LogP contribution in [0.1, 0.15) is 16.7 Å². The third-order valence-corrected chi connectivity index (χ3v) is 6.55. The number of rotatable bonds is 2. The Morgan fingerprint density at radius 1 is 1.22 bits per heavy atom. The number of piperazine rings is 1. The zero-order chi connectivity index (χ0) is 18.5. The monoisotopic (exact) mass is 400 g/mol. The van der Waals surface area contributed by atoms with Crippen molar-refractivity contribution in [1.82, 2.24) is 9.69 Å². The molecular weight excluding hydrogens is 383 g/mol. The van der Waals surface area contributed by atoms with E-state index in [2.05, 4.69) is 25.6 Å². The van der Waals surface area contributed by atoms with Gasteiger partial charge >= 0.3 is 0 Å². The molecule has 138 valence electrons. The van der Waals surface area contributed by atoms with Gasteiger partial charge < -0.3 is 10.2 Å². The molecule has 2 aliphatic heterocycles. The van der Waals surface area contributed by atoms with Crippen molar-refractivity contribution in [1.29, 1.82) is 0 Å². The van der Waals surface area contributed by atoms with Gasteiger partial charge in [-0.15, -0.1) is 0 Å². The number of fused-ring (bicyclic) bond motifs is 2. The molecule has 0 saturated carbocycles. The van der Waals surface area contributed by atoms with E-state index in [1.165, 1.54) is 11.5 Å². The van der Waals surface area contributed by atoms with Gasteiger partial charge in [-0.1, -0.05) is 23.7 Å². The fourth-order valence-corrected chi connectivity index (χ4v) is 5.14. The first-order chi connectivity index (χ1) is 13.1. The number of nitrogens with zero attached hydrogens (tertiary/aromatic N) is 3. The van der Waals surface area contributed by atoms with Crippen LogP contribution in [0.3, 0.4) is 0 Å². The maximum atomic E-state index is 15.6. The van der Waals surface area contributed by atoms with Crippen LogP contribution in [0.5, 0.6) is 0 Å². The van der Waals surface area contributed by atoms with Crippen LogP contribution in [0.25, 0.3) is 22.0 Å². The summed E-state index contributed by atoms with van der Waals surface area (Å²) in [5.74, 6) is -0.341. The van der Waals surface area contributed by atoms with E-state index in [-0.39, 0.29) is 5.82 Å². The summed E-state index contributed by atoms with van der Waals surface area (Å²) in [5.41, 5.74) is 4.72.